The SMILES string of the molecule is CNC(C)(CC(C)N(C)CC(F)F)C(=O)OC. The fraction of sp³-hybridized carbons (Fsp3) is 0.909. The van der Waals surface area contributed by atoms with Gasteiger partial charge in [0.15, 0.2) is 0 Å². The highest BCUT2D eigenvalue weighted by atomic mass is 19.3. The summed E-state index contributed by atoms with van der Waals surface area (Å²) in [5.41, 5.74) is -0.857. The predicted molar refractivity (Wildman–Crippen MR) is 62.2 cm³/mol. The number of likely N-dealkylation sites (N-methyl/N-ethyl adjacent to an activating group) is 1. The van der Waals surface area contributed by atoms with Gasteiger partial charge in [-0.15, -0.1) is 0 Å². The van der Waals surface area contributed by atoms with Crippen molar-refractivity contribution in [2.45, 2.75) is 38.3 Å². The Hall–Kier alpha value is -0.750. The minimum Gasteiger partial charge on any atom is -0.468 e. The number of methoxy groups -OCH3 is 1. The first-order valence-corrected chi connectivity index (χ1v) is 5.52. The molecule has 6 heteroatoms. The van der Waals surface area contributed by atoms with Crippen LogP contribution in [-0.4, -0.2) is 56.6 Å². The average Bonchev–Trinajstić information content (AvgIpc) is 2.26. The van der Waals surface area contributed by atoms with Gasteiger partial charge in [-0.05, 0) is 34.4 Å². The van der Waals surface area contributed by atoms with Crippen LogP contribution >= 0.6 is 0 Å². The molecule has 0 aliphatic heterocycles. The van der Waals surface area contributed by atoms with Crippen molar-refractivity contribution in [3.05, 3.63) is 0 Å². The van der Waals surface area contributed by atoms with Gasteiger partial charge in [-0.25, -0.2) is 8.78 Å². The maximum atomic E-state index is 12.2. The summed E-state index contributed by atoms with van der Waals surface area (Å²) < 4.78 is 29.2. The van der Waals surface area contributed by atoms with Crippen LogP contribution < -0.4 is 5.32 Å². The summed E-state index contributed by atoms with van der Waals surface area (Å²) in [6.07, 6.45) is -1.97. The number of alkyl halides is 2. The molecule has 0 aromatic rings. The van der Waals surface area contributed by atoms with Crippen molar-refractivity contribution < 1.29 is 18.3 Å². The molecule has 2 atom stereocenters. The normalized spacial score (nSPS) is 17.0. The van der Waals surface area contributed by atoms with Crippen molar-refractivity contribution >= 4 is 5.97 Å². The molecule has 2 unspecified atom stereocenters. The second kappa shape index (κ2) is 6.86. The van der Waals surface area contributed by atoms with Crippen molar-refractivity contribution in [3.63, 3.8) is 0 Å². The molecule has 0 radical (unpaired) electrons. The van der Waals surface area contributed by atoms with Crippen LogP contribution in [-0.2, 0) is 9.53 Å². The highest BCUT2D eigenvalue weighted by molar-refractivity contribution is 5.80. The third kappa shape index (κ3) is 4.95. The van der Waals surface area contributed by atoms with Crippen LogP contribution in [0.2, 0.25) is 0 Å². The van der Waals surface area contributed by atoms with Crippen molar-refractivity contribution in [1.29, 1.82) is 0 Å². The second-order valence-electron chi connectivity index (χ2n) is 4.46. The maximum Gasteiger partial charge on any atom is 0.325 e. The third-order valence-electron chi connectivity index (χ3n) is 3.07. The predicted octanol–water partition coefficient (Wildman–Crippen LogP) is 1.11. The van der Waals surface area contributed by atoms with E-state index in [1.165, 1.54) is 12.0 Å². The molecule has 0 amide bonds. The summed E-state index contributed by atoms with van der Waals surface area (Å²) in [4.78, 5) is 13.1. The molecule has 0 fully saturated rings. The van der Waals surface area contributed by atoms with Crippen molar-refractivity contribution in [2.24, 2.45) is 0 Å². The van der Waals surface area contributed by atoms with Crippen molar-refractivity contribution in [1.82, 2.24) is 10.2 Å². The van der Waals surface area contributed by atoms with Gasteiger partial charge < -0.3 is 10.1 Å². The molecule has 17 heavy (non-hydrogen) atoms. The number of hydrogen-bond donors (Lipinski definition) is 1. The highest BCUT2D eigenvalue weighted by Crippen LogP contribution is 2.17. The fourth-order valence-electron chi connectivity index (χ4n) is 1.66. The van der Waals surface area contributed by atoms with Crippen LogP contribution in [0.5, 0.6) is 0 Å². The van der Waals surface area contributed by atoms with Gasteiger partial charge in [0.05, 0.1) is 13.7 Å². The van der Waals surface area contributed by atoms with E-state index in [0.29, 0.717) is 6.42 Å². The molecule has 0 aliphatic rings. The van der Waals surface area contributed by atoms with Gasteiger partial charge in [-0.3, -0.25) is 9.69 Å². The molecule has 0 bridgehead atoms. The molecular weight excluding hydrogens is 230 g/mol. The molecule has 0 aliphatic carbocycles. The first-order valence-electron chi connectivity index (χ1n) is 5.52. The highest BCUT2D eigenvalue weighted by Gasteiger charge is 2.35. The van der Waals surface area contributed by atoms with Crippen LogP contribution in [0, 0.1) is 0 Å². The van der Waals surface area contributed by atoms with E-state index in [9.17, 15) is 13.6 Å². The lowest BCUT2D eigenvalue weighted by molar-refractivity contribution is -0.148. The lowest BCUT2D eigenvalue weighted by Crippen LogP contribution is -2.52. The number of ether oxygens (including phenoxy) is 1. The molecule has 0 spiro atoms. The van der Waals surface area contributed by atoms with Gasteiger partial charge in [0, 0.05) is 6.04 Å². The maximum absolute atomic E-state index is 12.2. The molecule has 0 heterocycles. The largest absolute Gasteiger partial charge is 0.468 e. The van der Waals surface area contributed by atoms with Gasteiger partial charge in [0.1, 0.15) is 5.54 Å². The van der Waals surface area contributed by atoms with E-state index in [1.807, 2.05) is 0 Å². The van der Waals surface area contributed by atoms with Gasteiger partial charge in [-0.2, -0.15) is 0 Å². The Bertz CT molecular complexity index is 252. The number of esters is 1. The van der Waals surface area contributed by atoms with E-state index in [0.717, 1.165) is 0 Å². The van der Waals surface area contributed by atoms with Gasteiger partial charge in [-0.1, -0.05) is 0 Å². The summed E-state index contributed by atoms with van der Waals surface area (Å²) >= 11 is 0. The number of carbonyl (C=O) groups excluding carboxylic acids is 1. The molecule has 0 saturated carbocycles. The number of nitrogens with zero attached hydrogens (tertiary/aromatic N) is 1. The number of nitrogens with one attached hydrogen (secondary N) is 1. The molecule has 0 aromatic carbocycles. The van der Waals surface area contributed by atoms with Gasteiger partial charge >= 0.3 is 5.97 Å². The summed E-state index contributed by atoms with van der Waals surface area (Å²) in [5.74, 6) is -0.391. The molecule has 1 N–H and O–H groups in total. The Morgan fingerprint density at radius 3 is 2.41 bits per heavy atom. The zero-order valence-corrected chi connectivity index (χ0v) is 11.1. The molecule has 4 nitrogen and oxygen atoms in total. The molecule has 0 saturated heterocycles. The van der Waals surface area contributed by atoms with E-state index in [1.54, 1.807) is 27.9 Å². The number of halogens is 2. The number of hydrogen-bond acceptors (Lipinski definition) is 4. The second-order valence-corrected chi connectivity index (χ2v) is 4.46. The zero-order chi connectivity index (χ0) is 13.6. The fourth-order valence-corrected chi connectivity index (χ4v) is 1.66. The van der Waals surface area contributed by atoms with Gasteiger partial charge in [0.25, 0.3) is 6.43 Å². The third-order valence-corrected chi connectivity index (χ3v) is 3.07. The molecule has 0 rings (SSSR count). The smallest absolute Gasteiger partial charge is 0.325 e. The zero-order valence-electron chi connectivity index (χ0n) is 11.1. The van der Waals surface area contributed by atoms with Crippen LogP contribution in [0.3, 0.4) is 0 Å². The van der Waals surface area contributed by atoms with Crippen LogP contribution in [0.1, 0.15) is 20.3 Å². The summed E-state index contributed by atoms with van der Waals surface area (Å²) in [6.45, 7) is 3.20. The summed E-state index contributed by atoms with van der Waals surface area (Å²) in [5, 5.41) is 2.88. The number of rotatable bonds is 7. The van der Waals surface area contributed by atoms with E-state index >= 15 is 0 Å². The Kier molecular flexibility index (Phi) is 6.56. The lowest BCUT2D eigenvalue weighted by atomic mass is 9.93. The van der Waals surface area contributed by atoms with Crippen molar-refractivity contribution in [2.75, 3.05) is 27.7 Å². The lowest BCUT2D eigenvalue weighted by Gasteiger charge is -2.33. The monoisotopic (exact) mass is 252 g/mol. The van der Waals surface area contributed by atoms with Crippen LogP contribution in [0.25, 0.3) is 0 Å². The molecule has 0 aromatic heterocycles. The quantitative estimate of drug-likeness (QED) is 0.689. The van der Waals surface area contributed by atoms with Gasteiger partial charge in [0.2, 0.25) is 0 Å². The average molecular weight is 252 g/mol. The van der Waals surface area contributed by atoms with E-state index in [2.05, 4.69) is 5.32 Å². The topological polar surface area (TPSA) is 41.6 Å². The van der Waals surface area contributed by atoms with Crippen LogP contribution in [0.15, 0.2) is 0 Å². The minimum absolute atomic E-state index is 0.152. The summed E-state index contributed by atoms with van der Waals surface area (Å²) in [7, 11) is 4.58. The standard InChI is InChI=1S/C11H22F2N2O2/c1-8(15(4)7-9(12)13)6-11(2,14-3)10(16)17-5/h8-9,14H,6-7H2,1-5H3. The van der Waals surface area contributed by atoms with E-state index in [-0.39, 0.29) is 12.6 Å². The molecule has 102 valence electrons. The number of carbonyl (C=O) groups is 1. The van der Waals surface area contributed by atoms with E-state index < -0.39 is 17.9 Å². The van der Waals surface area contributed by atoms with Crippen molar-refractivity contribution in [3.8, 4) is 0 Å². The summed E-state index contributed by atoms with van der Waals surface area (Å²) in [6, 6.07) is -0.152. The Labute approximate surface area is 101 Å². The molecular formula is C11H22F2N2O2. The minimum atomic E-state index is -2.37. The Morgan fingerprint density at radius 2 is 2.06 bits per heavy atom. The Balaban J connectivity index is 4.51. The van der Waals surface area contributed by atoms with Crippen LogP contribution in [0.4, 0.5) is 8.78 Å². The Morgan fingerprint density at radius 1 is 1.53 bits per heavy atom. The first-order chi connectivity index (χ1) is 7.76. The van der Waals surface area contributed by atoms with E-state index in [4.69, 9.17) is 4.74 Å². The first kappa shape index (κ1) is 16.2.